The molecule has 0 spiro atoms. The van der Waals surface area contributed by atoms with Gasteiger partial charge in [-0.25, -0.2) is 0 Å². The van der Waals surface area contributed by atoms with Gasteiger partial charge in [-0.1, -0.05) is 24.6 Å². The molecular formula is C14H18ClNO2. The van der Waals surface area contributed by atoms with E-state index in [1.165, 1.54) is 5.56 Å². The largest absolute Gasteiger partial charge is 0.481 e. The Morgan fingerprint density at radius 1 is 1.50 bits per heavy atom. The molecule has 0 radical (unpaired) electrons. The van der Waals surface area contributed by atoms with E-state index < -0.39 is 5.97 Å². The first kappa shape index (κ1) is 13.4. The number of hydrogen-bond donors (Lipinski definition) is 1. The topological polar surface area (TPSA) is 40.5 Å². The molecule has 2 atom stereocenters. The number of aryl methyl sites for hydroxylation is 1. The average molecular weight is 268 g/mol. The van der Waals surface area contributed by atoms with E-state index in [4.69, 9.17) is 16.7 Å². The van der Waals surface area contributed by atoms with Crippen LogP contribution in [0.25, 0.3) is 0 Å². The highest BCUT2D eigenvalue weighted by atomic mass is 35.5. The van der Waals surface area contributed by atoms with Crippen LogP contribution in [0.4, 0.5) is 0 Å². The van der Waals surface area contributed by atoms with Crippen LogP contribution in [0, 0.1) is 18.8 Å². The van der Waals surface area contributed by atoms with Crippen molar-refractivity contribution in [2.24, 2.45) is 11.8 Å². The van der Waals surface area contributed by atoms with Crippen molar-refractivity contribution in [2.75, 3.05) is 13.1 Å². The normalized spacial score (nSPS) is 24.4. The summed E-state index contributed by atoms with van der Waals surface area (Å²) in [6.07, 6.45) is 0. The van der Waals surface area contributed by atoms with E-state index in [2.05, 4.69) is 4.90 Å². The van der Waals surface area contributed by atoms with Crippen LogP contribution in [0.3, 0.4) is 0 Å². The smallest absolute Gasteiger partial charge is 0.308 e. The molecule has 0 aromatic heterocycles. The molecule has 4 heteroatoms. The molecule has 18 heavy (non-hydrogen) atoms. The standard InChI is InChI=1S/C14H18ClNO2/c1-9-5-12(15)4-3-11(9)7-16-6-10(2)13(8-16)14(17)18/h3-5,10,13H,6-8H2,1-2H3,(H,17,18)/t10-,13-/m1/s1. The fraction of sp³-hybridized carbons (Fsp3) is 0.500. The highest BCUT2D eigenvalue weighted by Gasteiger charge is 2.34. The second-order valence-electron chi connectivity index (χ2n) is 5.19. The lowest BCUT2D eigenvalue weighted by atomic mass is 9.99. The zero-order chi connectivity index (χ0) is 13.3. The van der Waals surface area contributed by atoms with Gasteiger partial charge in [0.1, 0.15) is 0 Å². The third-order valence-corrected chi connectivity index (χ3v) is 3.94. The first-order valence-corrected chi connectivity index (χ1v) is 6.55. The molecule has 1 aliphatic heterocycles. The Kier molecular flexibility index (Phi) is 3.93. The van der Waals surface area contributed by atoms with Gasteiger partial charge in [0.2, 0.25) is 0 Å². The molecule has 0 unspecified atom stereocenters. The molecule has 1 aromatic rings. The van der Waals surface area contributed by atoms with E-state index in [1.807, 2.05) is 32.0 Å². The van der Waals surface area contributed by atoms with E-state index >= 15 is 0 Å². The minimum absolute atomic E-state index is 0.218. The lowest BCUT2D eigenvalue weighted by molar-refractivity contribution is -0.142. The van der Waals surface area contributed by atoms with Crippen LogP contribution < -0.4 is 0 Å². The van der Waals surface area contributed by atoms with Crippen molar-refractivity contribution in [1.82, 2.24) is 4.90 Å². The Balaban J connectivity index is 2.05. The van der Waals surface area contributed by atoms with Crippen molar-refractivity contribution in [2.45, 2.75) is 20.4 Å². The summed E-state index contributed by atoms with van der Waals surface area (Å²) < 4.78 is 0. The molecule has 1 N–H and O–H groups in total. The summed E-state index contributed by atoms with van der Waals surface area (Å²) in [5.74, 6) is -0.703. The summed E-state index contributed by atoms with van der Waals surface area (Å²) in [6, 6.07) is 5.86. The minimum atomic E-state index is -0.683. The zero-order valence-electron chi connectivity index (χ0n) is 10.7. The van der Waals surface area contributed by atoms with Crippen LogP contribution in [0.5, 0.6) is 0 Å². The van der Waals surface area contributed by atoms with E-state index in [-0.39, 0.29) is 11.8 Å². The van der Waals surface area contributed by atoms with Gasteiger partial charge < -0.3 is 5.11 Å². The Morgan fingerprint density at radius 3 is 2.78 bits per heavy atom. The van der Waals surface area contributed by atoms with Crippen LogP contribution in [-0.4, -0.2) is 29.1 Å². The first-order valence-electron chi connectivity index (χ1n) is 6.17. The summed E-state index contributed by atoms with van der Waals surface area (Å²) in [7, 11) is 0. The Labute approximate surface area is 112 Å². The number of nitrogens with zero attached hydrogens (tertiary/aromatic N) is 1. The summed E-state index contributed by atoms with van der Waals surface area (Å²) in [5, 5.41) is 9.86. The predicted molar refractivity (Wildman–Crippen MR) is 71.8 cm³/mol. The zero-order valence-corrected chi connectivity index (χ0v) is 11.4. The van der Waals surface area contributed by atoms with E-state index in [0.717, 1.165) is 23.7 Å². The van der Waals surface area contributed by atoms with Crippen molar-refractivity contribution in [1.29, 1.82) is 0 Å². The van der Waals surface area contributed by atoms with E-state index in [1.54, 1.807) is 0 Å². The first-order chi connectivity index (χ1) is 8.47. The molecule has 1 aliphatic rings. The SMILES string of the molecule is Cc1cc(Cl)ccc1CN1C[C@@H](C)[C@H](C(=O)O)C1. The van der Waals surface area contributed by atoms with Gasteiger partial charge in [0.05, 0.1) is 5.92 Å². The van der Waals surface area contributed by atoms with E-state index in [0.29, 0.717) is 6.54 Å². The number of hydrogen-bond acceptors (Lipinski definition) is 2. The summed E-state index contributed by atoms with van der Waals surface area (Å²) in [6.45, 7) is 6.33. The van der Waals surface area contributed by atoms with Gasteiger partial charge in [-0.05, 0) is 36.1 Å². The third-order valence-electron chi connectivity index (χ3n) is 3.70. The van der Waals surface area contributed by atoms with Gasteiger partial charge in [-0.2, -0.15) is 0 Å². The molecule has 0 bridgehead atoms. The maximum absolute atomic E-state index is 11.1. The van der Waals surface area contributed by atoms with Crippen molar-refractivity contribution in [3.05, 3.63) is 34.3 Å². The third kappa shape index (κ3) is 2.85. The highest BCUT2D eigenvalue weighted by Crippen LogP contribution is 2.26. The number of carboxylic acid groups (broad SMARTS) is 1. The quantitative estimate of drug-likeness (QED) is 0.916. The van der Waals surface area contributed by atoms with Gasteiger partial charge in [-0.15, -0.1) is 0 Å². The second-order valence-corrected chi connectivity index (χ2v) is 5.62. The fourth-order valence-electron chi connectivity index (χ4n) is 2.60. The number of carboxylic acids is 1. The minimum Gasteiger partial charge on any atom is -0.481 e. The number of benzene rings is 1. The van der Waals surface area contributed by atoms with Crippen LogP contribution in [0.15, 0.2) is 18.2 Å². The molecule has 0 saturated carbocycles. The average Bonchev–Trinajstić information content (AvgIpc) is 2.64. The summed E-state index contributed by atoms with van der Waals surface area (Å²) in [4.78, 5) is 13.3. The molecule has 0 aliphatic carbocycles. The number of likely N-dealkylation sites (tertiary alicyclic amines) is 1. The highest BCUT2D eigenvalue weighted by molar-refractivity contribution is 6.30. The maximum atomic E-state index is 11.1. The lowest BCUT2D eigenvalue weighted by Crippen LogP contribution is -2.23. The Hall–Kier alpha value is -1.06. The fourth-order valence-corrected chi connectivity index (χ4v) is 2.82. The Morgan fingerprint density at radius 2 is 2.22 bits per heavy atom. The van der Waals surface area contributed by atoms with Gasteiger partial charge in [0, 0.05) is 24.7 Å². The van der Waals surface area contributed by atoms with Crippen molar-refractivity contribution in [3.63, 3.8) is 0 Å². The number of halogens is 1. The monoisotopic (exact) mass is 267 g/mol. The summed E-state index contributed by atoms with van der Waals surface area (Å²) >= 11 is 5.93. The molecule has 98 valence electrons. The molecule has 1 saturated heterocycles. The van der Waals surface area contributed by atoms with Gasteiger partial charge in [0.15, 0.2) is 0 Å². The van der Waals surface area contributed by atoms with Crippen LogP contribution in [-0.2, 0) is 11.3 Å². The van der Waals surface area contributed by atoms with Crippen molar-refractivity contribution >= 4 is 17.6 Å². The van der Waals surface area contributed by atoms with Crippen molar-refractivity contribution in [3.8, 4) is 0 Å². The number of rotatable bonds is 3. The molecule has 1 fully saturated rings. The lowest BCUT2D eigenvalue weighted by Gasteiger charge is -2.17. The van der Waals surface area contributed by atoms with Crippen LogP contribution in [0.2, 0.25) is 5.02 Å². The Bertz CT molecular complexity index is 461. The maximum Gasteiger partial charge on any atom is 0.308 e. The summed E-state index contributed by atoms with van der Waals surface area (Å²) in [5.41, 5.74) is 2.38. The van der Waals surface area contributed by atoms with Gasteiger partial charge in [0.25, 0.3) is 0 Å². The second kappa shape index (κ2) is 5.29. The van der Waals surface area contributed by atoms with Gasteiger partial charge >= 0.3 is 5.97 Å². The molecule has 1 heterocycles. The molecular weight excluding hydrogens is 250 g/mol. The molecule has 1 aromatic carbocycles. The predicted octanol–water partition coefficient (Wildman–Crippen LogP) is 2.80. The molecule has 2 rings (SSSR count). The molecule has 0 amide bonds. The number of aliphatic carboxylic acids is 1. The van der Waals surface area contributed by atoms with Gasteiger partial charge in [-0.3, -0.25) is 9.69 Å². The van der Waals surface area contributed by atoms with Crippen molar-refractivity contribution < 1.29 is 9.90 Å². The van der Waals surface area contributed by atoms with Crippen LogP contribution in [0.1, 0.15) is 18.1 Å². The van der Waals surface area contributed by atoms with Crippen LogP contribution >= 0.6 is 11.6 Å². The number of carbonyl (C=O) groups is 1. The molecule has 3 nitrogen and oxygen atoms in total. The van der Waals surface area contributed by atoms with E-state index in [9.17, 15) is 4.79 Å².